The number of nitrogens with zero attached hydrogens (tertiary/aromatic N) is 2. The van der Waals surface area contributed by atoms with Gasteiger partial charge in [-0.15, -0.1) is 10.2 Å². The first-order valence-electron chi connectivity index (χ1n) is 5.45. The first-order chi connectivity index (χ1) is 8.47. The number of hydrogen-bond donors (Lipinski definition) is 2. The highest BCUT2D eigenvalue weighted by Gasteiger charge is 2.14. The van der Waals surface area contributed by atoms with Crippen molar-refractivity contribution >= 4 is 28.1 Å². The van der Waals surface area contributed by atoms with E-state index in [1.807, 2.05) is 32.9 Å². The molecule has 0 spiro atoms. The average molecular weight is 262 g/mol. The van der Waals surface area contributed by atoms with E-state index in [2.05, 4.69) is 15.5 Å². The second-order valence-electron chi connectivity index (χ2n) is 4.17. The number of aromatic nitrogens is 2. The number of nitrogens with one attached hydrogen (secondary N) is 1. The van der Waals surface area contributed by atoms with Gasteiger partial charge in [0.1, 0.15) is 0 Å². The number of benzene rings is 1. The number of nitrogens with two attached hydrogens (primary N) is 1. The minimum absolute atomic E-state index is 0.270. The molecular weight excluding hydrogens is 248 g/mol. The number of nitrogen functional groups attached to an aromatic ring is 1. The van der Waals surface area contributed by atoms with Crippen LogP contribution in [0.3, 0.4) is 0 Å². The summed E-state index contributed by atoms with van der Waals surface area (Å²) in [4.78, 5) is 12.0. The van der Waals surface area contributed by atoms with E-state index in [0.29, 0.717) is 0 Å². The van der Waals surface area contributed by atoms with Crippen LogP contribution in [-0.2, 0) is 0 Å². The standard InChI is InChI=1S/C12H14N4OS/c1-6-4-7(2)9(8(3)5-6)14-10(17)11-15-16-12(13)18-11/h4-5H,1-3H3,(H2,13,16)(H,14,17). The number of anilines is 2. The zero-order valence-electron chi connectivity index (χ0n) is 10.4. The Hall–Kier alpha value is -1.95. The summed E-state index contributed by atoms with van der Waals surface area (Å²) in [5.74, 6) is -0.278. The fraction of sp³-hybridized carbons (Fsp3) is 0.250. The van der Waals surface area contributed by atoms with Crippen LogP contribution in [0.5, 0.6) is 0 Å². The van der Waals surface area contributed by atoms with Gasteiger partial charge in [-0.2, -0.15) is 0 Å². The smallest absolute Gasteiger partial charge is 0.286 e. The third-order valence-electron chi connectivity index (χ3n) is 2.55. The molecule has 1 aromatic heterocycles. The van der Waals surface area contributed by atoms with Crippen molar-refractivity contribution in [1.29, 1.82) is 0 Å². The van der Waals surface area contributed by atoms with Gasteiger partial charge in [-0.05, 0) is 31.9 Å². The number of carbonyl (C=O) groups excluding carboxylic acids is 1. The van der Waals surface area contributed by atoms with Gasteiger partial charge in [0, 0.05) is 5.69 Å². The van der Waals surface area contributed by atoms with Crippen molar-refractivity contribution in [3.63, 3.8) is 0 Å². The van der Waals surface area contributed by atoms with E-state index in [1.54, 1.807) is 0 Å². The van der Waals surface area contributed by atoms with Gasteiger partial charge in [0.15, 0.2) is 0 Å². The molecule has 6 heteroatoms. The van der Waals surface area contributed by atoms with Gasteiger partial charge in [-0.1, -0.05) is 29.0 Å². The third-order valence-corrected chi connectivity index (χ3v) is 3.30. The van der Waals surface area contributed by atoms with Crippen molar-refractivity contribution in [2.45, 2.75) is 20.8 Å². The molecule has 1 heterocycles. The molecule has 1 aromatic carbocycles. The molecule has 0 aliphatic heterocycles. The molecule has 5 nitrogen and oxygen atoms in total. The quantitative estimate of drug-likeness (QED) is 0.870. The molecule has 18 heavy (non-hydrogen) atoms. The maximum absolute atomic E-state index is 12.0. The van der Waals surface area contributed by atoms with E-state index < -0.39 is 0 Å². The number of aryl methyl sites for hydroxylation is 3. The van der Waals surface area contributed by atoms with Crippen molar-refractivity contribution in [1.82, 2.24) is 10.2 Å². The molecule has 0 aliphatic carbocycles. The number of amides is 1. The number of hydrogen-bond acceptors (Lipinski definition) is 5. The third kappa shape index (κ3) is 2.48. The first-order valence-corrected chi connectivity index (χ1v) is 6.27. The lowest BCUT2D eigenvalue weighted by molar-refractivity contribution is 0.102. The molecule has 3 N–H and O–H groups in total. The van der Waals surface area contributed by atoms with Crippen LogP contribution in [0.15, 0.2) is 12.1 Å². The predicted molar refractivity (Wildman–Crippen MR) is 72.9 cm³/mol. The molecule has 0 fully saturated rings. The molecule has 0 unspecified atom stereocenters. The van der Waals surface area contributed by atoms with Crippen LogP contribution >= 0.6 is 11.3 Å². The summed E-state index contributed by atoms with van der Waals surface area (Å²) in [6, 6.07) is 4.05. The van der Waals surface area contributed by atoms with Gasteiger partial charge in [0.25, 0.3) is 5.91 Å². The summed E-state index contributed by atoms with van der Waals surface area (Å²) in [6.45, 7) is 5.95. The van der Waals surface area contributed by atoms with E-state index in [-0.39, 0.29) is 16.0 Å². The molecular formula is C12H14N4OS. The molecule has 94 valence electrons. The lowest BCUT2D eigenvalue weighted by atomic mass is 10.1. The van der Waals surface area contributed by atoms with Gasteiger partial charge < -0.3 is 11.1 Å². The molecule has 0 saturated carbocycles. The monoisotopic (exact) mass is 262 g/mol. The SMILES string of the molecule is Cc1cc(C)c(NC(=O)c2nnc(N)s2)c(C)c1. The van der Waals surface area contributed by atoms with Crippen molar-refractivity contribution in [3.05, 3.63) is 33.8 Å². The van der Waals surface area contributed by atoms with Crippen LogP contribution in [0.4, 0.5) is 10.8 Å². The van der Waals surface area contributed by atoms with Crippen molar-refractivity contribution in [2.24, 2.45) is 0 Å². The zero-order valence-corrected chi connectivity index (χ0v) is 11.3. The zero-order chi connectivity index (χ0) is 13.3. The molecule has 2 aromatic rings. The molecule has 0 bridgehead atoms. The summed E-state index contributed by atoms with van der Waals surface area (Å²) < 4.78 is 0. The van der Waals surface area contributed by atoms with Crippen LogP contribution in [0.2, 0.25) is 0 Å². The number of carbonyl (C=O) groups is 1. The highest BCUT2D eigenvalue weighted by molar-refractivity contribution is 7.16. The highest BCUT2D eigenvalue weighted by Crippen LogP contribution is 2.23. The van der Waals surface area contributed by atoms with Crippen LogP contribution < -0.4 is 11.1 Å². The fourth-order valence-electron chi connectivity index (χ4n) is 1.87. The molecule has 0 aliphatic rings. The Kier molecular flexibility index (Phi) is 3.29. The van der Waals surface area contributed by atoms with Crippen LogP contribution in [0.1, 0.15) is 26.5 Å². The lowest BCUT2D eigenvalue weighted by Crippen LogP contribution is -2.13. The normalized spacial score (nSPS) is 10.4. The largest absolute Gasteiger partial charge is 0.374 e. The summed E-state index contributed by atoms with van der Waals surface area (Å²) in [7, 11) is 0. The summed E-state index contributed by atoms with van der Waals surface area (Å²) in [6.07, 6.45) is 0. The van der Waals surface area contributed by atoms with E-state index in [1.165, 1.54) is 5.56 Å². The topological polar surface area (TPSA) is 80.9 Å². The van der Waals surface area contributed by atoms with Gasteiger partial charge >= 0.3 is 0 Å². The van der Waals surface area contributed by atoms with Gasteiger partial charge in [0.05, 0.1) is 0 Å². The Balaban J connectivity index is 2.27. The van der Waals surface area contributed by atoms with E-state index in [9.17, 15) is 4.79 Å². The minimum atomic E-state index is -0.278. The summed E-state index contributed by atoms with van der Waals surface area (Å²) in [5.41, 5.74) is 9.50. The highest BCUT2D eigenvalue weighted by atomic mass is 32.1. The molecule has 0 saturated heterocycles. The van der Waals surface area contributed by atoms with E-state index in [0.717, 1.165) is 28.2 Å². The molecule has 1 amide bonds. The Bertz CT molecular complexity index is 583. The van der Waals surface area contributed by atoms with Crippen LogP contribution in [0.25, 0.3) is 0 Å². The van der Waals surface area contributed by atoms with Crippen molar-refractivity contribution < 1.29 is 4.79 Å². The second kappa shape index (κ2) is 4.73. The number of rotatable bonds is 2. The lowest BCUT2D eigenvalue weighted by Gasteiger charge is -2.11. The van der Waals surface area contributed by atoms with Gasteiger partial charge in [-0.25, -0.2) is 0 Å². The fourth-order valence-corrected chi connectivity index (χ4v) is 2.38. The van der Waals surface area contributed by atoms with E-state index >= 15 is 0 Å². The maximum atomic E-state index is 12.0. The van der Waals surface area contributed by atoms with E-state index in [4.69, 9.17) is 5.73 Å². The molecule has 0 radical (unpaired) electrons. The van der Waals surface area contributed by atoms with Crippen molar-refractivity contribution in [3.8, 4) is 0 Å². The maximum Gasteiger partial charge on any atom is 0.286 e. The Morgan fingerprint density at radius 2 is 1.83 bits per heavy atom. The van der Waals surface area contributed by atoms with Gasteiger partial charge in [0.2, 0.25) is 10.1 Å². The average Bonchev–Trinajstić information content (AvgIpc) is 2.70. The predicted octanol–water partition coefficient (Wildman–Crippen LogP) is 2.30. The van der Waals surface area contributed by atoms with Gasteiger partial charge in [-0.3, -0.25) is 4.79 Å². The Labute approximate surface area is 109 Å². The summed E-state index contributed by atoms with van der Waals surface area (Å²) in [5, 5.41) is 10.8. The van der Waals surface area contributed by atoms with Crippen LogP contribution in [0, 0.1) is 20.8 Å². The minimum Gasteiger partial charge on any atom is -0.374 e. The van der Waals surface area contributed by atoms with Crippen molar-refractivity contribution in [2.75, 3.05) is 11.1 Å². The Morgan fingerprint density at radius 3 is 2.33 bits per heavy atom. The molecule has 0 atom stereocenters. The summed E-state index contributed by atoms with van der Waals surface area (Å²) >= 11 is 1.07. The Morgan fingerprint density at radius 1 is 1.22 bits per heavy atom. The first kappa shape index (κ1) is 12.5. The molecule has 2 rings (SSSR count). The van der Waals surface area contributed by atoms with Crippen LogP contribution in [-0.4, -0.2) is 16.1 Å². The second-order valence-corrected chi connectivity index (χ2v) is 5.18.